The van der Waals surface area contributed by atoms with E-state index >= 15 is 0 Å². The Morgan fingerprint density at radius 1 is 0.903 bits per heavy atom. The van der Waals surface area contributed by atoms with Gasteiger partial charge >= 0.3 is 6.09 Å². The standard InChI is InChI=1S/C24H28N2O5/c27-23(16-8-2-1-3-9-16)25-19-13-29-22-20(14-30-21(19)22)31-24(28)26-18-12-6-10-15-7-4-5-11-17(15)18/h4-7,10-12,16,19-22H,1-3,8-9,13-14H2,(H,25,27)(H,26,28). The Hall–Kier alpha value is -2.64. The first-order chi connectivity index (χ1) is 15.2. The maximum absolute atomic E-state index is 12.6. The first-order valence-electron chi connectivity index (χ1n) is 11.2. The third kappa shape index (κ3) is 4.25. The van der Waals surface area contributed by atoms with E-state index in [9.17, 15) is 9.59 Å². The fourth-order valence-corrected chi connectivity index (χ4v) is 4.97. The topological polar surface area (TPSA) is 85.9 Å². The summed E-state index contributed by atoms with van der Waals surface area (Å²) in [5.74, 6) is 0.184. The number of nitrogens with one attached hydrogen (secondary N) is 2. The summed E-state index contributed by atoms with van der Waals surface area (Å²) >= 11 is 0. The van der Waals surface area contributed by atoms with Gasteiger partial charge in [0, 0.05) is 11.3 Å². The molecule has 3 fully saturated rings. The maximum atomic E-state index is 12.6. The minimum atomic E-state index is -0.538. The summed E-state index contributed by atoms with van der Waals surface area (Å²) in [6, 6.07) is 13.4. The van der Waals surface area contributed by atoms with Crippen molar-refractivity contribution in [1.82, 2.24) is 5.32 Å². The molecule has 2 amide bonds. The Kier molecular flexibility index (Phi) is 5.78. The van der Waals surface area contributed by atoms with Crippen molar-refractivity contribution in [3.05, 3.63) is 42.5 Å². The molecule has 1 saturated carbocycles. The first kappa shape index (κ1) is 20.3. The van der Waals surface area contributed by atoms with E-state index in [1.807, 2.05) is 42.5 Å². The second kappa shape index (κ2) is 8.85. The SMILES string of the molecule is O=C(Nc1cccc2ccccc12)OC1COC2C(NC(=O)C3CCCCC3)COC12. The lowest BCUT2D eigenvalue weighted by atomic mass is 9.88. The van der Waals surface area contributed by atoms with Gasteiger partial charge in [0.1, 0.15) is 12.2 Å². The highest BCUT2D eigenvalue weighted by atomic mass is 16.6. The van der Waals surface area contributed by atoms with Crippen molar-refractivity contribution < 1.29 is 23.8 Å². The van der Waals surface area contributed by atoms with E-state index in [-0.39, 0.29) is 36.7 Å². The third-order valence-electron chi connectivity index (χ3n) is 6.60. The van der Waals surface area contributed by atoms with Crippen molar-refractivity contribution in [2.45, 2.75) is 56.5 Å². The Bertz CT molecular complexity index is 953. The predicted octanol–water partition coefficient (Wildman–Crippen LogP) is 3.62. The normalized spacial score (nSPS) is 28.3. The molecule has 2 aliphatic heterocycles. The Morgan fingerprint density at radius 2 is 1.68 bits per heavy atom. The Labute approximate surface area is 181 Å². The van der Waals surface area contributed by atoms with Crippen LogP contribution in [0.25, 0.3) is 10.8 Å². The van der Waals surface area contributed by atoms with Crippen LogP contribution in [0.3, 0.4) is 0 Å². The van der Waals surface area contributed by atoms with Crippen LogP contribution >= 0.6 is 0 Å². The minimum Gasteiger partial charge on any atom is -0.441 e. The van der Waals surface area contributed by atoms with Crippen LogP contribution in [0.1, 0.15) is 32.1 Å². The summed E-state index contributed by atoms with van der Waals surface area (Å²) in [5.41, 5.74) is 0.698. The molecule has 0 spiro atoms. The second-order valence-corrected chi connectivity index (χ2v) is 8.64. The van der Waals surface area contributed by atoms with Gasteiger partial charge in [-0.25, -0.2) is 4.79 Å². The number of carbonyl (C=O) groups excluding carboxylic acids is 2. The molecule has 2 saturated heterocycles. The van der Waals surface area contributed by atoms with E-state index in [0.717, 1.165) is 36.5 Å². The summed E-state index contributed by atoms with van der Waals surface area (Å²) < 4.78 is 17.4. The van der Waals surface area contributed by atoms with Gasteiger partial charge in [0.25, 0.3) is 0 Å². The number of fused-ring (bicyclic) bond motifs is 2. The highest BCUT2D eigenvalue weighted by molar-refractivity contribution is 6.00. The number of rotatable bonds is 4. The molecule has 7 nitrogen and oxygen atoms in total. The Morgan fingerprint density at radius 3 is 2.55 bits per heavy atom. The van der Waals surface area contributed by atoms with Gasteiger partial charge in [0.15, 0.2) is 6.10 Å². The van der Waals surface area contributed by atoms with Crippen LogP contribution in [-0.4, -0.2) is 49.6 Å². The molecule has 0 aromatic heterocycles. The lowest BCUT2D eigenvalue weighted by Crippen LogP contribution is -2.46. The number of ether oxygens (including phenoxy) is 3. The number of amides is 2. The first-order valence-corrected chi connectivity index (χ1v) is 11.2. The van der Waals surface area contributed by atoms with E-state index in [1.54, 1.807) is 0 Å². The van der Waals surface area contributed by atoms with Crippen LogP contribution in [0.5, 0.6) is 0 Å². The number of hydrogen-bond acceptors (Lipinski definition) is 5. The van der Waals surface area contributed by atoms with Crippen molar-refractivity contribution >= 4 is 28.5 Å². The zero-order valence-electron chi connectivity index (χ0n) is 17.4. The minimum absolute atomic E-state index is 0.0905. The number of hydrogen-bond donors (Lipinski definition) is 2. The smallest absolute Gasteiger partial charge is 0.412 e. The predicted molar refractivity (Wildman–Crippen MR) is 116 cm³/mol. The van der Waals surface area contributed by atoms with E-state index in [4.69, 9.17) is 14.2 Å². The fourth-order valence-electron chi connectivity index (χ4n) is 4.97. The van der Waals surface area contributed by atoms with Crippen molar-refractivity contribution in [3.63, 3.8) is 0 Å². The number of benzene rings is 2. The fraction of sp³-hybridized carbons (Fsp3) is 0.500. The monoisotopic (exact) mass is 424 g/mol. The van der Waals surface area contributed by atoms with Gasteiger partial charge < -0.3 is 19.5 Å². The highest BCUT2D eigenvalue weighted by Gasteiger charge is 2.50. The summed E-state index contributed by atoms with van der Waals surface area (Å²) in [7, 11) is 0. The van der Waals surface area contributed by atoms with E-state index in [1.165, 1.54) is 6.42 Å². The average Bonchev–Trinajstić information content (AvgIpc) is 3.38. The molecule has 0 radical (unpaired) electrons. The second-order valence-electron chi connectivity index (χ2n) is 8.64. The molecule has 4 atom stereocenters. The largest absolute Gasteiger partial charge is 0.441 e. The number of anilines is 1. The van der Waals surface area contributed by atoms with Crippen molar-refractivity contribution in [2.24, 2.45) is 5.92 Å². The molecule has 0 bridgehead atoms. The lowest BCUT2D eigenvalue weighted by molar-refractivity contribution is -0.127. The van der Waals surface area contributed by atoms with Gasteiger partial charge in [0.2, 0.25) is 5.91 Å². The highest BCUT2D eigenvalue weighted by Crippen LogP contribution is 2.31. The molecule has 3 aliphatic rings. The summed E-state index contributed by atoms with van der Waals surface area (Å²) in [5, 5.41) is 7.94. The number of carbonyl (C=O) groups is 2. The average molecular weight is 424 g/mol. The maximum Gasteiger partial charge on any atom is 0.412 e. The van der Waals surface area contributed by atoms with Gasteiger partial charge in [-0.05, 0) is 24.3 Å². The summed E-state index contributed by atoms with van der Waals surface area (Å²) in [6.45, 7) is 0.632. The molecule has 7 heteroatoms. The van der Waals surface area contributed by atoms with Crippen LogP contribution < -0.4 is 10.6 Å². The van der Waals surface area contributed by atoms with Crippen LogP contribution in [0.4, 0.5) is 10.5 Å². The molecule has 1 aliphatic carbocycles. The van der Waals surface area contributed by atoms with Crippen molar-refractivity contribution in [3.8, 4) is 0 Å². The van der Waals surface area contributed by atoms with Gasteiger partial charge in [-0.2, -0.15) is 0 Å². The van der Waals surface area contributed by atoms with Gasteiger partial charge in [-0.15, -0.1) is 0 Å². The zero-order chi connectivity index (χ0) is 21.2. The van der Waals surface area contributed by atoms with Gasteiger partial charge in [0.05, 0.1) is 24.9 Å². The van der Waals surface area contributed by atoms with Crippen LogP contribution in [0.15, 0.2) is 42.5 Å². The van der Waals surface area contributed by atoms with Gasteiger partial charge in [-0.3, -0.25) is 10.1 Å². The van der Waals surface area contributed by atoms with Crippen LogP contribution in [-0.2, 0) is 19.0 Å². The molecular weight excluding hydrogens is 396 g/mol. The Balaban J connectivity index is 1.17. The molecule has 2 N–H and O–H groups in total. The third-order valence-corrected chi connectivity index (χ3v) is 6.60. The van der Waals surface area contributed by atoms with Crippen molar-refractivity contribution in [2.75, 3.05) is 18.5 Å². The van der Waals surface area contributed by atoms with Crippen LogP contribution in [0.2, 0.25) is 0 Å². The van der Waals surface area contributed by atoms with Gasteiger partial charge in [-0.1, -0.05) is 55.7 Å². The molecule has 2 aromatic rings. The molecular formula is C24H28N2O5. The molecule has 164 valence electrons. The van der Waals surface area contributed by atoms with E-state index < -0.39 is 12.2 Å². The molecule has 2 aromatic carbocycles. The summed E-state index contributed by atoms with van der Waals surface area (Å²) in [6.07, 6.45) is 3.65. The molecule has 5 rings (SSSR count). The van der Waals surface area contributed by atoms with Crippen molar-refractivity contribution in [1.29, 1.82) is 0 Å². The zero-order valence-corrected chi connectivity index (χ0v) is 17.4. The van der Waals surface area contributed by atoms with E-state index in [0.29, 0.717) is 12.3 Å². The van der Waals surface area contributed by atoms with Crippen LogP contribution in [0, 0.1) is 5.92 Å². The molecule has 4 unspecified atom stereocenters. The van der Waals surface area contributed by atoms with E-state index in [2.05, 4.69) is 10.6 Å². The quantitative estimate of drug-likeness (QED) is 0.783. The lowest BCUT2D eigenvalue weighted by Gasteiger charge is -2.24. The molecule has 2 heterocycles. The molecule has 31 heavy (non-hydrogen) atoms. The summed E-state index contributed by atoms with van der Waals surface area (Å²) in [4.78, 5) is 25.1.